The Labute approximate surface area is 210 Å². The molecule has 9 heteroatoms. The maximum Gasteiger partial charge on any atom is 0.240 e. The first-order chi connectivity index (χ1) is 17.3. The maximum absolute atomic E-state index is 14.0. The van der Waals surface area contributed by atoms with Crippen LogP contribution in [0.3, 0.4) is 0 Å². The Hall–Kier alpha value is -3.01. The molecule has 2 N–H and O–H groups in total. The van der Waals surface area contributed by atoms with Gasteiger partial charge in [-0.25, -0.2) is 21.9 Å². The van der Waals surface area contributed by atoms with E-state index in [1.54, 1.807) is 14.2 Å². The zero-order chi connectivity index (χ0) is 25.7. The van der Waals surface area contributed by atoms with E-state index in [4.69, 9.17) is 9.47 Å². The molecule has 1 saturated carbocycles. The minimum atomic E-state index is -3.72. The monoisotopic (exact) mass is 516 g/mol. The van der Waals surface area contributed by atoms with Gasteiger partial charge >= 0.3 is 0 Å². The Morgan fingerprint density at radius 1 is 0.861 bits per heavy atom. The number of hydrogen-bond acceptors (Lipinski definition) is 5. The van der Waals surface area contributed by atoms with Gasteiger partial charge in [0.05, 0.1) is 19.1 Å². The van der Waals surface area contributed by atoms with E-state index >= 15 is 0 Å². The summed E-state index contributed by atoms with van der Waals surface area (Å²) < 4.78 is 66.5. The Kier molecular flexibility index (Phi) is 8.23. The summed E-state index contributed by atoms with van der Waals surface area (Å²) in [6.45, 7) is 0.648. The van der Waals surface area contributed by atoms with Crippen molar-refractivity contribution in [2.75, 3.05) is 14.2 Å². The van der Waals surface area contributed by atoms with E-state index in [1.807, 2.05) is 18.2 Å². The zero-order valence-electron chi connectivity index (χ0n) is 20.3. The van der Waals surface area contributed by atoms with Gasteiger partial charge in [-0.1, -0.05) is 18.2 Å². The van der Waals surface area contributed by atoms with Gasteiger partial charge in [0.15, 0.2) is 0 Å². The number of nitrogens with one attached hydrogen (secondary N) is 2. The lowest BCUT2D eigenvalue weighted by Crippen LogP contribution is -2.42. The molecule has 0 unspecified atom stereocenters. The molecule has 0 bridgehead atoms. The van der Waals surface area contributed by atoms with Gasteiger partial charge in [-0.15, -0.1) is 0 Å². The molecular formula is C27H30F2N2O4S. The average Bonchev–Trinajstić information content (AvgIpc) is 2.88. The van der Waals surface area contributed by atoms with E-state index in [-0.39, 0.29) is 22.5 Å². The molecule has 0 spiro atoms. The molecule has 36 heavy (non-hydrogen) atoms. The molecule has 0 amide bonds. The second-order valence-corrected chi connectivity index (χ2v) is 10.6. The average molecular weight is 517 g/mol. The third kappa shape index (κ3) is 6.21. The smallest absolute Gasteiger partial charge is 0.240 e. The van der Waals surface area contributed by atoms with Gasteiger partial charge in [0, 0.05) is 41.9 Å². The van der Waals surface area contributed by atoms with Crippen LogP contribution in [0, 0.1) is 11.6 Å². The Morgan fingerprint density at radius 2 is 1.56 bits per heavy atom. The number of halogens is 2. The molecule has 1 aliphatic carbocycles. The van der Waals surface area contributed by atoms with Crippen molar-refractivity contribution < 1.29 is 26.7 Å². The predicted molar refractivity (Wildman–Crippen MR) is 135 cm³/mol. The fourth-order valence-corrected chi connectivity index (χ4v) is 5.80. The van der Waals surface area contributed by atoms with Gasteiger partial charge in [0.1, 0.15) is 23.1 Å². The van der Waals surface area contributed by atoms with Gasteiger partial charge in [-0.05, 0) is 61.6 Å². The highest BCUT2D eigenvalue weighted by atomic mass is 32.2. The van der Waals surface area contributed by atoms with Crippen molar-refractivity contribution in [1.82, 2.24) is 10.0 Å². The summed E-state index contributed by atoms with van der Waals surface area (Å²) in [4.78, 5) is 0.112. The maximum atomic E-state index is 14.0. The SMILES string of the molecule is COc1ccc(CN[C@H]2CC[C@@H](NS(=O)(=O)c3ccc(-c4ccc(F)cc4F)cc3)CC2)c(OC)c1. The molecule has 192 valence electrons. The molecule has 0 atom stereocenters. The van der Waals surface area contributed by atoms with Crippen LogP contribution < -0.4 is 19.5 Å². The van der Waals surface area contributed by atoms with Gasteiger partial charge in [-0.3, -0.25) is 0 Å². The fourth-order valence-electron chi connectivity index (χ4n) is 4.49. The first-order valence-corrected chi connectivity index (χ1v) is 13.3. The molecule has 1 fully saturated rings. The van der Waals surface area contributed by atoms with Crippen LogP contribution in [0.2, 0.25) is 0 Å². The van der Waals surface area contributed by atoms with E-state index in [2.05, 4.69) is 10.0 Å². The fraction of sp³-hybridized carbons (Fsp3) is 0.333. The van der Waals surface area contributed by atoms with E-state index in [9.17, 15) is 17.2 Å². The Morgan fingerprint density at radius 3 is 2.19 bits per heavy atom. The summed E-state index contributed by atoms with van der Waals surface area (Å²) in [6.07, 6.45) is 3.12. The Bertz CT molecular complexity index is 1290. The van der Waals surface area contributed by atoms with Crippen molar-refractivity contribution in [2.24, 2.45) is 0 Å². The summed E-state index contributed by atoms with van der Waals surface area (Å²) in [6, 6.07) is 15.1. The lowest BCUT2D eigenvalue weighted by molar-refractivity contribution is 0.325. The number of methoxy groups -OCH3 is 2. The van der Waals surface area contributed by atoms with Crippen molar-refractivity contribution in [3.8, 4) is 22.6 Å². The molecule has 0 aromatic heterocycles. The molecule has 0 radical (unpaired) electrons. The molecule has 0 heterocycles. The first kappa shape index (κ1) is 26.1. The minimum Gasteiger partial charge on any atom is -0.497 e. The second kappa shape index (κ2) is 11.4. The quantitative estimate of drug-likeness (QED) is 0.417. The Balaban J connectivity index is 1.31. The van der Waals surface area contributed by atoms with Crippen molar-refractivity contribution in [2.45, 2.75) is 49.2 Å². The van der Waals surface area contributed by atoms with Crippen molar-refractivity contribution >= 4 is 10.0 Å². The number of benzene rings is 3. The summed E-state index contributed by atoms with van der Waals surface area (Å²) in [5, 5.41) is 3.54. The molecule has 0 saturated heterocycles. The van der Waals surface area contributed by atoms with Crippen LogP contribution in [-0.2, 0) is 16.6 Å². The van der Waals surface area contributed by atoms with Crippen LogP contribution >= 0.6 is 0 Å². The van der Waals surface area contributed by atoms with Crippen LogP contribution in [-0.4, -0.2) is 34.7 Å². The van der Waals surface area contributed by atoms with Gasteiger partial charge in [-0.2, -0.15) is 0 Å². The summed E-state index contributed by atoms with van der Waals surface area (Å²) in [5.41, 5.74) is 1.73. The summed E-state index contributed by atoms with van der Waals surface area (Å²) in [5.74, 6) is 0.140. The van der Waals surface area contributed by atoms with Crippen LogP contribution in [0.4, 0.5) is 8.78 Å². The molecule has 3 aromatic rings. The van der Waals surface area contributed by atoms with Crippen LogP contribution in [0.25, 0.3) is 11.1 Å². The lowest BCUT2D eigenvalue weighted by atomic mass is 9.91. The van der Waals surface area contributed by atoms with Crippen LogP contribution in [0.1, 0.15) is 31.2 Å². The number of ether oxygens (including phenoxy) is 2. The van der Waals surface area contributed by atoms with E-state index < -0.39 is 21.7 Å². The summed E-state index contributed by atoms with van der Waals surface area (Å²) >= 11 is 0. The second-order valence-electron chi connectivity index (χ2n) is 8.88. The third-order valence-corrected chi connectivity index (χ3v) is 8.07. The molecular weight excluding hydrogens is 486 g/mol. The molecule has 1 aliphatic rings. The van der Waals surface area contributed by atoms with Crippen molar-refractivity contribution in [3.05, 3.63) is 77.9 Å². The molecule has 3 aromatic carbocycles. The summed E-state index contributed by atoms with van der Waals surface area (Å²) in [7, 11) is -0.473. The van der Waals surface area contributed by atoms with Crippen molar-refractivity contribution in [3.63, 3.8) is 0 Å². The number of sulfonamides is 1. The third-order valence-electron chi connectivity index (χ3n) is 6.53. The topological polar surface area (TPSA) is 76.7 Å². The normalized spacial score (nSPS) is 18.1. The van der Waals surface area contributed by atoms with E-state index in [1.165, 1.54) is 36.4 Å². The zero-order valence-corrected chi connectivity index (χ0v) is 21.1. The predicted octanol–water partition coefficient (Wildman–Crippen LogP) is 5.03. The molecule has 6 nitrogen and oxygen atoms in total. The number of rotatable bonds is 9. The first-order valence-electron chi connectivity index (χ1n) is 11.8. The highest BCUT2D eigenvalue weighted by Gasteiger charge is 2.26. The van der Waals surface area contributed by atoms with Crippen LogP contribution in [0.15, 0.2) is 65.6 Å². The van der Waals surface area contributed by atoms with E-state index in [0.717, 1.165) is 48.8 Å². The van der Waals surface area contributed by atoms with Crippen LogP contribution in [0.5, 0.6) is 11.5 Å². The van der Waals surface area contributed by atoms with Gasteiger partial charge in [0.2, 0.25) is 10.0 Å². The van der Waals surface area contributed by atoms with Gasteiger partial charge < -0.3 is 14.8 Å². The van der Waals surface area contributed by atoms with Crippen molar-refractivity contribution in [1.29, 1.82) is 0 Å². The largest absolute Gasteiger partial charge is 0.497 e. The molecule has 4 rings (SSSR count). The lowest BCUT2D eigenvalue weighted by Gasteiger charge is -2.30. The van der Waals surface area contributed by atoms with Gasteiger partial charge in [0.25, 0.3) is 0 Å². The minimum absolute atomic E-state index is 0.112. The van der Waals surface area contributed by atoms with E-state index in [0.29, 0.717) is 12.1 Å². The highest BCUT2D eigenvalue weighted by Crippen LogP contribution is 2.27. The molecule has 0 aliphatic heterocycles. The number of hydrogen-bond donors (Lipinski definition) is 2. The standard InChI is InChI=1S/C27H30F2N2O4S/c1-34-23-11-3-19(27(16-23)35-2)17-30-21-7-9-22(10-8-21)31-36(32,33)24-12-4-18(5-13-24)25-14-6-20(28)15-26(25)29/h3-6,11-16,21-22,30-31H,7-10,17H2,1-2H3/t21-,22+. The highest BCUT2D eigenvalue weighted by molar-refractivity contribution is 7.89.